The molecule has 0 saturated carbocycles. The van der Waals surface area contributed by atoms with E-state index in [2.05, 4.69) is 0 Å². The highest BCUT2D eigenvalue weighted by Gasteiger charge is 2.42. The number of aliphatic hydroxyl groups is 1. The van der Waals surface area contributed by atoms with Gasteiger partial charge in [0.1, 0.15) is 5.41 Å². The molecule has 15 heavy (non-hydrogen) atoms. The van der Waals surface area contributed by atoms with E-state index in [1.54, 1.807) is 0 Å². The van der Waals surface area contributed by atoms with Gasteiger partial charge in [0.05, 0.1) is 12.6 Å². The molecule has 1 unspecified atom stereocenters. The van der Waals surface area contributed by atoms with Gasteiger partial charge in [0.2, 0.25) is 5.91 Å². The lowest BCUT2D eigenvalue weighted by Crippen LogP contribution is -2.48. The average molecular weight is 215 g/mol. The Balaban J connectivity index is 2.80. The minimum absolute atomic E-state index is 0.0958. The van der Waals surface area contributed by atoms with Crippen LogP contribution in [-0.2, 0) is 9.59 Å². The maximum Gasteiger partial charge on any atom is 0.318 e. The number of aliphatic carboxylic acids is 1. The van der Waals surface area contributed by atoms with E-state index in [0.717, 1.165) is 12.8 Å². The third-order valence-electron chi connectivity index (χ3n) is 2.92. The van der Waals surface area contributed by atoms with Crippen molar-refractivity contribution in [1.82, 2.24) is 4.90 Å². The van der Waals surface area contributed by atoms with Crippen LogP contribution in [0.2, 0.25) is 0 Å². The number of hydrogen-bond donors (Lipinski definition) is 2. The first kappa shape index (κ1) is 12.0. The predicted octanol–water partition coefficient (Wildman–Crippen LogP) is 0.0805. The second-order valence-electron chi connectivity index (χ2n) is 4.41. The minimum atomic E-state index is -1.41. The molecule has 0 radical (unpaired) electrons. The van der Waals surface area contributed by atoms with Gasteiger partial charge in [-0.1, -0.05) is 0 Å². The summed E-state index contributed by atoms with van der Waals surface area (Å²) < 4.78 is 0. The molecule has 1 atom stereocenters. The van der Waals surface area contributed by atoms with E-state index >= 15 is 0 Å². The molecule has 86 valence electrons. The van der Waals surface area contributed by atoms with E-state index in [1.807, 2.05) is 0 Å². The van der Waals surface area contributed by atoms with E-state index in [0.29, 0.717) is 6.54 Å². The van der Waals surface area contributed by atoms with Crippen LogP contribution in [0.15, 0.2) is 0 Å². The van der Waals surface area contributed by atoms with Crippen LogP contribution in [0.3, 0.4) is 0 Å². The number of amides is 1. The van der Waals surface area contributed by atoms with Crippen LogP contribution in [-0.4, -0.2) is 46.2 Å². The average Bonchev–Trinajstić information content (AvgIpc) is 2.63. The Labute approximate surface area is 88.7 Å². The molecule has 1 heterocycles. The predicted molar refractivity (Wildman–Crippen MR) is 53.2 cm³/mol. The molecule has 1 aliphatic rings. The van der Waals surface area contributed by atoms with Crippen LogP contribution in [0.1, 0.15) is 26.7 Å². The number of carboxylic acids is 1. The highest BCUT2D eigenvalue weighted by atomic mass is 16.4. The Morgan fingerprint density at radius 2 is 2.07 bits per heavy atom. The van der Waals surface area contributed by atoms with E-state index in [-0.39, 0.29) is 12.6 Å². The van der Waals surface area contributed by atoms with Crippen molar-refractivity contribution >= 4 is 11.9 Å². The van der Waals surface area contributed by atoms with Gasteiger partial charge in [0.25, 0.3) is 0 Å². The number of aliphatic hydroxyl groups excluding tert-OH is 1. The molecule has 0 bridgehead atoms. The van der Waals surface area contributed by atoms with Gasteiger partial charge in [-0.25, -0.2) is 0 Å². The molecule has 1 fully saturated rings. The molecule has 2 N–H and O–H groups in total. The second-order valence-corrected chi connectivity index (χ2v) is 4.41. The summed E-state index contributed by atoms with van der Waals surface area (Å²) in [5.74, 6) is -1.54. The molecule has 1 rings (SSSR count). The molecular weight excluding hydrogens is 198 g/mol. The van der Waals surface area contributed by atoms with Crippen LogP contribution in [0.25, 0.3) is 0 Å². The normalized spacial score (nSPS) is 21.8. The van der Waals surface area contributed by atoms with Gasteiger partial charge in [-0.05, 0) is 26.7 Å². The molecular formula is C10H17NO4. The molecule has 1 amide bonds. The third-order valence-corrected chi connectivity index (χ3v) is 2.92. The molecule has 0 aromatic heterocycles. The fourth-order valence-corrected chi connectivity index (χ4v) is 1.74. The van der Waals surface area contributed by atoms with Crippen molar-refractivity contribution in [3.05, 3.63) is 0 Å². The zero-order chi connectivity index (χ0) is 11.6. The number of hydrogen-bond acceptors (Lipinski definition) is 3. The first-order chi connectivity index (χ1) is 6.91. The summed E-state index contributed by atoms with van der Waals surface area (Å²) in [4.78, 5) is 24.3. The summed E-state index contributed by atoms with van der Waals surface area (Å²) in [6.45, 7) is 3.23. The summed E-state index contributed by atoms with van der Waals surface area (Å²) in [7, 11) is 0. The number of carboxylic acid groups (broad SMARTS) is 1. The van der Waals surface area contributed by atoms with Gasteiger partial charge in [-0.15, -0.1) is 0 Å². The molecule has 0 spiro atoms. The van der Waals surface area contributed by atoms with Crippen molar-refractivity contribution in [3.8, 4) is 0 Å². The van der Waals surface area contributed by atoms with E-state index < -0.39 is 17.3 Å². The van der Waals surface area contributed by atoms with Gasteiger partial charge >= 0.3 is 5.97 Å². The van der Waals surface area contributed by atoms with Crippen LogP contribution in [0.4, 0.5) is 0 Å². The zero-order valence-corrected chi connectivity index (χ0v) is 9.06. The van der Waals surface area contributed by atoms with Crippen molar-refractivity contribution in [2.75, 3.05) is 13.2 Å². The Bertz CT molecular complexity index is 275. The first-order valence-corrected chi connectivity index (χ1v) is 5.06. The number of likely N-dealkylation sites (tertiary alicyclic amines) is 1. The van der Waals surface area contributed by atoms with Crippen LogP contribution in [0.5, 0.6) is 0 Å². The number of carbonyl (C=O) groups is 2. The lowest BCUT2D eigenvalue weighted by molar-refractivity contribution is -0.159. The number of carbonyl (C=O) groups excluding carboxylic acids is 1. The molecule has 5 heteroatoms. The van der Waals surface area contributed by atoms with Crippen LogP contribution < -0.4 is 0 Å². The van der Waals surface area contributed by atoms with E-state index in [1.165, 1.54) is 18.7 Å². The van der Waals surface area contributed by atoms with Crippen molar-refractivity contribution < 1.29 is 19.8 Å². The van der Waals surface area contributed by atoms with Gasteiger partial charge in [-0.3, -0.25) is 9.59 Å². The second kappa shape index (κ2) is 4.18. The standard InChI is InChI=1S/C10H17NO4/c1-10(2,9(14)15)8(13)11-5-3-4-7(11)6-12/h7,12H,3-6H2,1-2H3,(H,14,15). The van der Waals surface area contributed by atoms with Gasteiger partial charge in [0.15, 0.2) is 0 Å². The first-order valence-electron chi connectivity index (χ1n) is 5.06. The SMILES string of the molecule is CC(C)(C(=O)O)C(=O)N1CCCC1CO. The Hall–Kier alpha value is -1.10. The van der Waals surface area contributed by atoms with Crippen molar-refractivity contribution in [2.24, 2.45) is 5.41 Å². The number of rotatable bonds is 3. The quantitative estimate of drug-likeness (QED) is 0.653. The summed E-state index contributed by atoms with van der Waals surface area (Å²) in [6.07, 6.45) is 1.57. The fraction of sp³-hybridized carbons (Fsp3) is 0.800. The van der Waals surface area contributed by atoms with Crippen LogP contribution >= 0.6 is 0 Å². The van der Waals surface area contributed by atoms with E-state index in [4.69, 9.17) is 10.2 Å². The molecule has 0 aromatic carbocycles. The highest BCUT2D eigenvalue weighted by molar-refractivity contribution is 6.01. The zero-order valence-electron chi connectivity index (χ0n) is 9.06. The largest absolute Gasteiger partial charge is 0.480 e. The van der Waals surface area contributed by atoms with Crippen molar-refractivity contribution in [3.63, 3.8) is 0 Å². The lowest BCUT2D eigenvalue weighted by Gasteiger charge is -2.29. The summed E-state index contributed by atoms with van der Waals surface area (Å²) in [6, 6.07) is -0.212. The molecule has 0 aromatic rings. The van der Waals surface area contributed by atoms with Gasteiger partial charge < -0.3 is 15.1 Å². The molecule has 5 nitrogen and oxygen atoms in total. The monoisotopic (exact) mass is 215 g/mol. The van der Waals surface area contributed by atoms with Gasteiger partial charge in [0, 0.05) is 6.54 Å². The topological polar surface area (TPSA) is 77.8 Å². The van der Waals surface area contributed by atoms with Gasteiger partial charge in [-0.2, -0.15) is 0 Å². The van der Waals surface area contributed by atoms with E-state index in [9.17, 15) is 9.59 Å². The van der Waals surface area contributed by atoms with Crippen molar-refractivity contribution in [2.45, 2.75) is 32.7 Å². The minimum Gasteiger partial charge on any atom is -0.480 e. The molecule has 1 saturated heterocycles. The smallest absolute Gasteiger partial charge is 0.318 e. The maximum atomic E-state index is 11.9. The highest BCUT2D eigenvalue weighted by Crippen LogP contribution is 2.25. The molecule has 1 aliphatic heterocycles. The fourth-order valence-electron chi connectivity index (χ4n) is 1.74. The Morgan fingerprint density at radius 3 is 2.53 bits per heavy atom. The maximum absolute atomic E-state index is 11.9. The number of nitrogens with zero attached hydrogens (tertiary/aromatic N) is 1. The summed E-state index contributed by atoms with van der Waals surface area (Å²) >= 11 is 0. The van der Waals surface area contributed by atoms with Crippen molar-refractivity contribution in [1.29, 1.82) is 0 Å². The lowest BCUT2D eigenvalue weighted by atomic mass is 9.91. The Kier molecular flexibility index (Phi) is 3.34. The van der Waals surface area contributed by atoms with Crippen LogP contribution in [0, 0.1) is 5.41 Å². The summed E-state index contributed by atoms with van der Waals surface area (Å²) in [5.41, 5.74) is -1.41. The summed E-state index contributed by atoms with van der Waals surface area (Å²) in [5, 5.41) is 18.0. The Morgan fingerprint density at radius 1 is 1.47 bits per heavy atom. The third kappa shape index (κ3) is 2.12. The molecule has 0 aliphatic carbocycles.